The molecule has 1 aromatic heterocycles. The van der Waals surface area contributed by atoms with E-state index in [1.165, 1.54) is 0 Å². The summed E-state index contributed by atoms with van der Waals surface area (Å²) in [5.41, 5.74) is 0.310. The number of pyridine rings is 1. The molecule has 0 unspecified atom stereocenters. The van der Waals surface area contributed by atoms with Crippen LogP contribution in [-0.2, 0) is 4.74 Å². The lowest BCUT2D eigenvalue weighted by Gasteiger charge is -2.15. The molecule has 0 aliphatic carbocycles. The Bertz CT molecular complexity index is 454. The molecule has 19 heavy (non-hydrogen) atoms. The summed E-state index contributed by atoms with van der Waals surface area (Å²) in [4.78, 5) is 15.8. The van der Waals surface area contributed by atoms with E-state index in [1.807, 2.05) is 0 Å². The van der Waals surface area contributed by atoms with Crippen molar-refractivity contribution >= 4 is 29.1 Å². The zero-order valence-corrected chi connectivity index (χ0v) is 11.7. The fraction of sp³-hybridized carbons (Fsp3) is 0.417. The normalized spacial score (nSPS) is 11.5. The number of thiocarbonyl (C=S) groups is 1. The van der Waals surface area contributed by atoms with Gasteiger partial charge in [-0.3, -0.25) is 0 Å². The molecule has 0 aromatic carbocycles. The van der Waals surface area contributed by atoms with Crippen molar-refractivity contribution in [2.45, 2.75) is 19.9 Å². The topological polar surface area (TPSA) is 83.5 Å². The highest BCUT2D eigenvalue weighted by Gasteiger charge is 2.14. The first-order valence-corrected chi connectivity index (χ1v) is 6.29. The van der Waals surface area contributed by atoms with Gasteiger partial charge in [0, 0.05) is 12.2 Å². The summed E-state index contributed by atoms with van der Waals surface area (Å²) in [7, 11) is 0. The largest absolute Gasteiger partial charge is 0.462 e. The number of carbonyl (C=O) groups excluding carboxylic acids is 1. The number of anilines is 1. The number of carbonyl (C=O) groups is 1. The highest BCUT2D eigenvalue weighted by molar-refractivity contribution is 7.80. The van der Waals surface area contributed by atoms with Gasteiger partial charge in [0.2, 0.25) is 0 Å². The Kier molecular flexibility index (Phi) is 6.17. The van der Waals surface area contributed by atoms with Crippen LogP contribution in [0.1, 0.15) is 24.2 Å². The highest BCUT2D eigenvalue weighted by atomic mass is 32.1. The number of hydrogen-bond donors (Lipinski definition) is 3. The molecule has 0 radical (unpaired) electrons. The Balaban J connectivity index is 2.78. The number of esters is 1. The van der Waals surface area contributed by atoms with Gasteiger partial charge < -0.3 is 20.5 Å². The fourth-order valence-corrected chi connectivity index (χ4v) is 1.59. The first-order chi connectivity index (χ1) is 9.08. The summed E-state index contributed by atoms with van der Waals surface area (Å²) in [6.45, 7) is 3.75. The maximum atomic E-state index is 11.7. The van der Waals surface area contributed by atoms with Gasteiger partial charge in [0.1, 0.15) is 11.4 Å². The summed E-state index contributed by atoms with van der Waals surface area (Å²) in [6, 6.07) is 3.06. The van der Waals surface area contributed by atoms with Gasteiger partial charge in [0.25, 0.3) is 0 Å². The first-order valence-electron chi connectivity index (χ1n) is 5.89. The maximum absolute atomic E-state index is 11.7. The van der Waals surface area contributed by atoms with Crippen LogP contribution in [0.2, 0.25) is 0 Å². The van der Waals surface area contributed by atoms with Gasteiger partial charge in [0.05, 0.1) is 13.2 Å². The Morgan fingerprint density at radius 2 is 2.37 bits per heavy atom. The molecule has 0 spiro atoms. The SMILES string of the molecule is CCOC(=O)c1cccnc1NC(=S)N[C@@H](C)CO. The van der Waals surface area contributed by atoms with Crippen molar-refractivity contribution < 1.29 is 14.6 Å². The zero-order chi connectivity index (χ0) is 14.3. The monoisotopic (exact) mass is 283 g/mol. The van der Waals surface area contributed by atoms with Gasteiger partial charge >= 0.3 is 5.97 Å². The molecule has 1 aromatic rings. The van der Waals surface area contributed by atoms with Crippen molar-refractivity contribution in [3.8, 4) is 0 Å². The number of aliphatic hydroxyl groups excluding tert-OH is 1. The van der Waals surface area contributed by atoms with Crippen molar-refractivity contribution in [1.82, 2.24) is 10.3 Å². The third-order valence-electron chi connectivity index (χ3n) is 2.19. The molecule has 104 valence electrons. The third kappa shape index (κ3) is 4.80. The number of aromatic nitrogens is 1. The molecular weight excluding hydrogens is 266 g/mol. The lowest BCUT2D eigenvalue weighted by Crippen LogP contribution is -2.38. The predicted octanol–water partition coefficient (Wildman–Crippen LogP) is 0.925. The number of ether oxygens (including phenoxy) is 1. The van der Waals surface area contributed by atoms with Crippen LogP contribution in [0.15, 0.2) is 18.3 Å². The quantitative estimate of drug-likeness (QED) is 0.547. The molecule has 3 N–H and O–H groups in total. The van der Waals surface area contributed by atoms with E-state index in [9.17, 15) is 4.79 Å². The smallest absolute Gasteiger partial charge is 0.341 e. The summed E-state index contributed by atoms with van der Waals surface area (Å²) in [6.07, 6.45) is 1.54. The third-order valence-corrected chi connectivity index (χ3v) is 2.41. The molecule has 6 nitrogen and oxygen atoms in total. The van der Waals surface area contributed by atoms with Crippen molar-refractivity contribution in [1.29, 1.82) is 0 Å². The highest BCUT2D eigenvalue weighted by Crippen LogP contribution is 2.12. The number of nitrogens with one attached hydrogen (secondary N) is 2. The number of rotatable bonds is 5. The van der Waals surface area contributed by atoms with Crippen LogP contribution in [0.5, 0.6) is 0 Å². The Hall–Kier alpha value is -1.73. The molecule has 0 aliphatic rings. The van der Waals surface area contributed by atoms with Gasteiger partial charge in [-0.1, -0.05) is 0 Å². The average molecular weight is 283 g/mol. The lowest BCUT2D eigenvalue weighted by molar-refractivity contribution is 0.0527. The van der Waals surface area contributed by atoms with Gasteiger partial charge in [-0.25, -0.2) is 9.78 Å². The van der Waals surface area contributed by atoms with Gasteiger partial charge in [-0.15, -0.1) is 0 Å². The van der Waals surface area contributed by atoms with E-state index in [1.54, 1.807) is 32.2 Å². The van der Waals surface area contributed by atoms with Crippen LogP contribution in [-0.4, -0.2) is 40.4 Å². The summed E-state index contributed by atoms with van der Waals surface area (Å²) < 4.78 is 4.93. The first kappa shape index (κ1) is 15.3. The van der Waals surface area contributed by atoms with Crippen LogP contribution < -0.4 is 10.6 Å². The molecule has 0 amide bonds. The minimum Gasteiger partial charge on any atom is -0.462 e. The number of nitrogens with zero attached hydrogens (tertiary/aromatic N) is 1. The van der Waals surface area contributed by atoms with Crippen molar-refractivity contribution in [3.05, 3.63) is 23.9 Å². The van der Waals surface area contributed by atoms with Crippen LogP contribution in [0.3, 0.4) is 0 Å². The van der Waals surface area contributed by atoms with E-state index in [2.05, 4.69) is 15.6 Å². The molecule has 0 saturated carbocycles. The molecule has 7 heteroatoms. The summed E-state index contributed by atoms with van der Waals surface area (Å²) in [5, 5.41) is 14.9. The molecule has 0 aliphatic heterocycles. The summed E-state index contributed by atoms with van der Waals surface area (Å²) >= 11 is 5.06. The second-order valence-electron chi connectivity index (χ2n) is 3.80. The van der Waals surface area contributed by atoms with E-state index in [4.69, 9.17) is 22.1 Å². The number of aliphatic hydroxyl groups is 1. The number of hydrogen-bond acceptors (Lipinski definition) is 5. The predicted molar refractivity (Wildman–Crippen MR) is 76.1 cm³/mol. The molecular formula is C12H17N3O3S. The van der Waals surface area contributed by atoms with Gasteiger partial charge in [-0.2, -0.15) is 0 Å². The lowest BCUT2D eigenvalue weighted by atomic mass is 10.2. The minimum atomic E-state index is -0.462. The molecule has 1 atom stereocenters. The van der Waals surface area contributed by atoms with Crippen LogP contribution in [0.25, 0.3) is 0 Å². The molecule has 1 heterocycles. The fourth-order valence-electron chi connectivity index (χ4n) is 1.29. The Labute approximate surface area is 117 Å². The molecule has 0 saturated heterocycles. The van der Waals surface area contributed by atoms with E-state index >= 15 is 0 Å². The van der Waals surface area contributed by atoms with Crippen molar-refractivity contribution in [2.24, 2.45) is 0 Å². The second kappa shape index (κ2) is 7.65. The minimum absolute atomic E-state index is 0.0469. The van der Waals surface area contributed by atoms with Crippen LogP contribution in [0.4, 0.5) is 5.82 Å². The van der Waals surface area contributed by atoms with Crippen LogP contribution >= 0.6 is 12.2 Å². The standard InChI is InChI=1S/C12H17N3O3S/c1-3-18-11(17)9-5-4-6-13-10(9)15-12(19)14-8(2)7-16/h4-6,8,16H,3,7H2,1-2H3,(H2,13,14,15,19)/t8-/m0/s1. The van der Waals surface area contributed by atoms with Gasteiger partial charge in [0.15, 0.2) is 5.11 Å². The molecule has 0 bridgehead atoms. The zero-order valence-electron chi connectivity index (χ0n) is 10.8. The van der Waals surface area contributed by atoms with Crippen LogP contribution in [0, 0.1) is 0 Å². The molecule has 1 rings (SSSR count). The Morgan fingerprint density at radius 1 is 1.63 bits per heavy atom. The second-order valence-corrected chi connectivity index (χ2v) is 4.21. The van der Waals surface area contributed by atoms with E-state index in [0.29, 0.717) is 11.4 Å². The summed E-state index contributed by atoms with van der Waals surface area (Å²) in [5.74, 6) is -0.139. The van der Waals surface area contributed by atoms with E-state index in [-0.39, 0.29) is 24.4 Å². The van der Waals surface area contributed by atoms with Crippen molar-refractivity contribution in [3.63, 3.8) is 0 Å². The van der Waals surface area contributed by atoms with Gasteiger partial charge in [-0.05, 0) is 38.2 Å². The Morgan fingerprint density at radius 3 is 3.00 bits per heavy atom. The van der Waals surface area contributed by atoms with E-state index < -0.39 is 5.97 Å². The van der Waals surface area contributed by atoms with Crippen molar-refractivity contribution in [2.75, 3.05) is 18.5 Å². The maximum Gasteiger partial charge on any atom is 0.341 e. The average Bonchev–Trinajstić information content (AvgIpc) is 2.39. The van der Waals surface area contributed by atoms with E-state index in [0.717, 1.165) is 0 Å². The molecule has 0 fully saturated rings.